The molecule has 0 aliphatic rings. The lowest BCUT2D eigenvalue weighted by molar-refractivity contribution is -0.402. The summed E-state index contributed by atoms with van der Waals surface area (Å²) in [5.41, 5.74) is 1.52. The number of hydrogen-bond acceptors (Lipinski definition) is 7. The van der Waals surface area contributed by atoms with Gasteiger partial charge in [0.1, 0.15) is 4.92 Å². The van der Waals surface area contributed by atoms with Gasteiger partial charge in [0.25, 0.3) is 0 Å². The van der Waals surface area contributed by atoms with E-state index < -0.39 is 16.8 Å². The number of furan rings is 1. The van der Waals surface area contributed by atoms with E-state index in [-0.39, 0.29) is 12.4 Å². The number of rotatable bonds is 4. The first-order valence-electron chi connectivity index (χ1n) is 6.68. The standard InChI is InChI=1S/C15H11N3O5/c1-9-10-4-2-3-5-11(10)17-13(16-9)8-22-15(19)12-6-7-14(23-12)18(20)21/h2-7H,8H2,1H3. The first-order valence-corrected chi connectivity index (χ1v) is 6.68. The van der Waals surface area contributed by atoms with Crippen molar-refractivity contribution in [2.24, 2.45) is 0 Å². The Morgan fingerprint density at radius 3 is 2.78 bits per heavy atom. The molecular weight excluding hydrogens is 302 g/mol. The summed E-state index contributed by atoms with van der Waals surface area (Å²) in [4.78, 5) is 30.2. The van der Waals surface area contributed by atoms with Gasteiger partial charge in [-0.25, -0.2) is 14.8 Å². The van der Waals surface area contributed by atoms with E-state index in [0.29, 0.717) is 5.82 Å². The zero-order valence-electron chi connectivity index (χ0n) is 12.1. The van der Waals surface area contributed by atoms with Gasteiger partial charge in [-0.15, -0.1) is 0 Å². The number of nitrogens with zero attached hydrogens (tertiary/aromatic N) is 3. The minimum Gasteiger partial charge on any atom is -0.452 e. The van der Waals surface area contributed by atoms with Crippen LogP contribution in [0.15, 0.2) is 40.8 Å². The molecule has 0 saturated heterocycles. The van der Waals surface area contributed by atoms with Crippen molar-refractivity contribution in [1.82, 2.24) is 9.97 Å². The van der Waals surface area contributed by atoms with E-state index in [4.69, 9.17) is 9.15 Å². The summed E-state index contributed by atoms with van der Waals surface area (Å²) in [6.45, 7) is 1.68. The second-order valence-corrected chi connectivity index (χ2v) is 4.71. The predicted molar refractivity (Wildman–Crippen MR) is 78.8 cm³/mol. The van der Waals surface area contributed by atoms with Crippen LogP contribution in [0.5, 0.6) is 0 Å². The van der Waals surface area contributed by atoms with Crippen LogP contribution in [0.1, 0.15) is 22.1 Å². The number of esters is 1. The molecule has 8 heteroatoms. The Balaban J connectivity index is 1.74. The van der Waals surface area contributed by atoms with Gasteiger partial charge in [0.05, 0.1) is 11.6 Å². The Morgan fingerprint density at radius 2 is 2.04 bits per heavy atom. The molecule has 2 aromatic heterocycles. The molecule has 1 aromatic carbocycles. The molecule has 116 valence electrons. The fourth-order valence-corrected chi connectivity index (χ4v) is 2.10. The number of benzene rings is 1. The topological polar surface area (TPSA) is 108 Å². The Bertz CT molecular complexity index is 903. The molecule has 0 fully saturated rings. The van der Waals surface area contributed by atoms with Crippen molar-refractivity contribution in [2.75, 3.05) is 0 Å². The van der Waals surface area contributed by atoms with E-state index >= 15 is 0 Å². The van der Waals surface area contributed by atoms with Crippen molar-refractivity contribution < 1.29 is 18.9 Å². The molecule has 0 unspecified atom stereocenters. The first kappa shape index (κ1) is 14.6. The number of carbonyl (C=O) groups is 1. The summed E-state index contributed by atoms with van der Waals surface area (Å²) < 4.78 is 9.81. The van der Waals surface area contributed by atoms with E-state index in [2.05, 4.69) is 9.97 Å². The summed E-state index contributed by atoms with van der Waals surface area (Å²) in [5, 5.41) is 11.4. The molecule has 0 amide bonds. The number of carbonyl (C=O) groups excluding carboxylic acids is 1. The largest absolute Gasteiger partial charge is 0.452 e. The SMILES string of the molecule is Cc1nc(COC(=O)c2ccc([N+](=O)[O-])o2)nc2ccccc12. The minimum atomic E-state index is -0.812. The number of para-hydroxylation sites is 1. The Hall–Kier alpha value is -3.29. The average molecular weight is 313 g/mol. The maximum absolute atomic E-state index is 11.8. The van der Waals surface area contributed by atoms with Gasteiger partial charge in [-0.2, -0.15) is 0 Å². The maximum Gasteiger partial charge on any atom is 0.433 e. The summed E-state index contributed by atoms with van der Waals surface area (Å²) in [5.74, 6) is -1.23. The number of aryl methyl sites for hydroxylation is 1. The van der Waals surface area contributed by atoms with Crippen molar-refractivity contribution in [1.29, 1.82) is 0 Å². The molecule has 0 atom stereocenters. The van der Waals surface area contributed by atoms with E-state index in [1.54, 1.807) is 0 Å². The van der Waals surface area contributed by atoms with Gasteiger partial charge >= 0.3 is 11.9 Å². The van der Waals surface area contributed by atoms with Gasteiger partial charge in [0, 0.05) is 11.1 Å². The minimum absolute atomic E-state index is 0.154. The van der Waals surface area contributed by atoms with Crippen LogP contribution in [-0.2, 0) is 11.3 Å². The number of ether oxygens (including phenoxy) is 1. The fourth-order valence-electron chi connectivity index (χ4n) is 2.10. The van der Waals surface area contributed by atoms with Gasteiger partial charge in [-0.3, -0.25) is 10.1 Å². The van der Waals surface area contributed by atoms with Crippen molar-refractivity contribution in [2.45, 2.75) is 13.5 Å². The third kappa shape index (κ3) is 3.00. The highest BCUT2D eigenvalue weighted by Gasteiger charge is 2.19. The lowest BCUT2D eigenvalue weighted by atomic mass is 10.2. The summed E-state index contributed by atoms with van der Waals surface area (Å²) in [7, 11) is 0. The third-order valence-corrected chi connectivity index (χ3v) is 3.15. The van der Waals surface area contributed by atoms with Crippen LogP contribution >= 0.6 is 0 Å². The van der Waals surface area contributed by atoms with Crippen LogP contribution in [0, 0.1) is 17.0 Å². The zero-order valence-corrected chi connectivity index (χ0v) is 12.1. The van der Waals surface area contributed by atoms with E-state index in [1.807, 2.05) is 31.2 Å². The van der Waals surface area contributed by atoms with Gasteiger partial charge in [0.2, 0.25) is 5.76 Å². The number of hydrogen-bond donors (Lipinski definition) is 0. The van der Waals surface area contributed by atoms with Gasteiger partial charge < -0.3 is 9.15 Å². The number of nitro groups is 1. The van der Waals surface area contributed by atoms with Crippen LogP contribution in [-0.4, -0.2) is 20.9 Å². The van der Waals surface area contributed by atoms with E-state index in [1.165, 1.54) is 6.07 Å². The van der Waals surface area contributed by atoms with E-state index in [0.717, 1.165) is 22.7 Å². The molecule has 0 aliphatic heterocycles. The van der Waals surface area contributed by atoms with E-state index in [9.17, 15) is 14.9 Å². The van der Waals surface area contributed by atoms with Crippen molar-refractivity contribution >= 4 is 22.8 Å². The quantitative estimate of drug-likeness (QED) is 0.414. The summed E-state index contributed by atoms with van der Waals surface area (Å²) in [6, 6.07) is 9.77. The summed E-state index contributed by atoms with van der Waals surface area (Å²) >= 11 is 0. The average Bonchev–Trinajstić information content (AvgIpc) is 3.03. The highest BCUT2D eigenvalue weighted by Crippen LogP contribution is 2.18. The Kier molecular flexibility index (Phi) is 3.71. The fraction of sp³-hybridized carbons (Fsp3) is 0.133. The monoisotopic (exact) mass is 313 g/mol. The first-order chi connectivity index (χ1) is 11.0. The normalized spacial score (nSPS) is 10.7. The highest BCUT2D eigenvalue weighted by atomic mass is 16.7. The summed E-state index contributed by atoms with van der Waals surface area (Å²) in [6.07, 6.45) is 0. The Morgan fingerprint density at radius 1 is 1.26 bits per heavy atom. The molecule has 0 saturated carbocycles. The maximum atomic E-state index is 11.8. The van der Waals surface area contributed by atoms with Crippen LogP contribution in [0.25, 0.3) is 10.9 Å². The lowest BCUT2D eigenvalue weighted by Gasteiger charge is -2.05. The van der Waals surface area contributed by atoms with Gasteiger partial charge in [-0.05, 0) is 19.1 Å². The molecule has 3 aromatic rings. The molecule has 3 rings (SSSR count). The molecular formula is C15H11N3O5. The van der Waals surface area contributed by atoms with Crippen molar-refractivity contribution in [3.8, 4) is 0 Å². The van der Waals surface area contributed by atoms with Crippen LogP contribution in [0.3, 0.4) is 0 Å². The van der Waals surface area contributed by atoms with Gasteiger partial charge in [-0.1, -0.05) is 18.2 Å². The molecule has 8 nitrogen and oxygen atoms in total. The molecule has 2 heterocycles. The molecule has 0 radical (unpaired) electrons. The Labute approximate surface area is 129 Å². The molecule has 0 spiro atoms. The van der Waals surface area contributed by atoms with Crippen LogP contribution in [0.4, 0.5) is 5.88 Å². The molecule has 0 aliphatic carbocycles. The van der Waals surface area contributed by atoms with Crippen LogP contribution < -0.4 is 0 Å². The van der Waals surface area contributed by atoms with Crippen LogP contribution in [0.2, 0.25) is 0 Å². The van der Waals surface area contributed by atoms with Crippen molar-refractivity contribution in [3.63, 3.8) is 0 Å². The molecule has 0 N–H and O–H groups in total. The highest BCUT2D eigenvalue weighted by molar-refractivity contribution is 5.86. The lowest BCUT2D eigenvalue weighted by Crippen LogP contribution is -2.07. The second kappa shape index (κ2) is 5.84. The second-order valence-electron chi connectivity index (χ2n) is 4.71. The third-order valence-electron chi connectivity index (χ3n) is 3.15. The molecule has 23 heavy (non-hydrogen) atoms. The number of fused-ring (bicyclic) bond motifs is 1. The van der Waals surface area contributed by atoms with Gasteiger partial charge in [0.15, 0.2) is 12.4 Å². The number of aromatic nitrogens is 2. The van der Waals surface area contributed by atoms with Crippen molar-refractivity contribution in [3.05, 3.63) is 63.8 Å². The predicted octanol–water partition coefficient (Wildman–Crippen LogP) is 2.80. The smallest absolute Gasteiger partial charge is 0.433 e. The zero-order chi connectivity index (χ0) is 16.4. The molecule has 0 bridgehead atoms.